The quantitative estimate of drug-likeness (QED) is 0.840. The summed E-state index contributed by atoms with van der Waals surface area (Å²) < 4.78 is 0. The van der Waals surface area contributed by atoms with E-state index in [9.17, 15) is 4.79 Å². The van der Waals surface area contributed by atoms with Crippen molar-refractivity contribution in [3.63, 3.8) is 0 Å². The van der Waals surface area contributed by atoms with Crippen LogP contribution in [0.5, 0.6) is 0 Å². The maximum Gasteiger partial charge on any atom is 0.249 e. The molecule has 1 aromatic rings. The van der Waals surface area contributed by atoms with E-state index in [1.807, 2.05) is 26.0 Å². The van der Waals surface area contributed by atoms with Crippen LogP contribution >= 0.6 is 0 Å². The van der Waals surface area contributed by atoms with Gasteiger partial charge in [0, 0.05) is 5.70 Å². The van der Waals surface area contributed by atoms with E-state index in [2.05, 4.69) is 42.9 Å². The van der Waals surface area contributed by atoms with E-state index in [-0.39, 0.29) is 5.91 Å². The van der Waals surface area contributed by atoms with Gasteiger partial charge in [-0.15, -0.1) is 0 Å². The fourth-order valence-electron chi connectivity index (χ4n) is 2.10. The van der Waals surface area contributed by atoms with Gasteiger partial charge < -0.3 is 5.43 Å². The lowest BCUT2D eigenvalue weighted by Crippen LogP contribution is -2.28. The minimum atomic E-state index is -0.496. The maximum atomic E-state index is 11.7. The highest BCUT2D eigenvalue weighted by Crippen LogP contribution is 2.31. The monoisotopic (exact) mass is 244 g/mol. The summed E-state index contributed by atoms with van der Waals surface area (Å²) in [5, 5.41) is 0. The number of hydrazine groups is 1. The zero-order chi connectivity index (χ0) is 13.3. The molecular formula is C15H20N2O. The molecule has 18 heavy (non-hydrogen) atoms. The van der Waals surface area contributed by atoms with Crippen LogP contribution in [0.2, 0.25) is 0 Å². The Morgan fingerprint density at radius 1 is 1.17 bits per heavy atom. The number of carbonyl (C=O) groups is 1. The standard InChI is InChI=1S/C15H20N2O/c1-10(2)12-8-6-5-7-11(12)9-13-15(3,4)14(18)17-16-13/h5-10,16H,1-4H3,(H,17,18)/b13-9-. The van der Waals surface area contributed by atoms with E-state index >= 15 is 0 Å². The van der Waals surface area contributed by atoms with Crippen LogP contribution in [0.15, 0.2) is 30.0 Å². The van der Waals surface area contributed by atoms with Crippen molar-refractivity contribution in [3.05, 3.63) is 41.1 Å². The molecule has 3 nitrogen and oxygen atoms in total. The van der Waals surface area contributed by atoms with Crippen molar-refractivity contribution < 1.29 is 4.79 Å². The molecule has 0 spiro atoms. The van der Waals surface area contributed by atoms with Gasteiger partial charge in [-0.05, 0) is 37.0 Å². The summed E-state index contributed by atoms with van der Waals surface area (Å²) in [4.78, 5) is 11.7. The van der Waals surface area contributed by atoms with Gasteiger partial charge >= 0.3 is 0 Å². The van der Waals surface area contributed by atoms with Crippen molar-refractivity contribution in [2.45, 2.75) is 33.6 Å². The molecule has 2 rings (SSSR count). The van der Waals surface area contributed by atoms with Crippen LogP contribution in [0.4, 0.5) is 0 Å². The molecule has 1 amide bonds. The van der Waals surface area contributed by atoms with Gasteiger partial charge in [0.25, 0.3) is 0 Å². The van der Waals surface area contributed by atoms with Gasteiger partial charge in [0.15, 0.2) is 0 Å². The number of hydrogen-bond acceptors (Lipinski definition) is 2. The third-order valence-electron chi connectivity index (χ3n) is 3.47. The summed E-state index contributed by atoms with van der Waals surface area (Å²) in [6.07, 6.45) is 2.06. The van der Waals surface area contributed by atoms with E-state index in [1.165, 1.54) is 11.1 Å². The van der Waals surface area contributed by atoms with Gasteiger partial charge in [-0.1, -0.05) is 38.1 Å². The molecule has 0 unspecified atom stereocenters. The second-order valence-electron chi connectivity index (χ2n) is 5.55. The number of rotatable bonds is 2. The lowest BCUT2D eigenvalue weighted by molar-refractivity contribution is -0.125. The van der Waals surface area contributed by atoms with Gasteiger partial charge in [-0.25, -0.2) is 0 Å². The Hall–Kier alpha value is -1.77. The zero-order valence-corrected chi connectivity index (χ0v) is 11.4. The molecule has 3 heteroatoms. The summed E-state index contributed by atoms with van der Waals surface area (Å²) in [5.74, 6) is 0.474. The molecule has 0 bridgehead atoms. The Morgan fingerprint density at radius 2 is 1.83 bits per heavy atom. The van der Waals surface area contributed by atoms with Crippen molar-refractivity contribution >= 4 is 12.0 Å². The molecule has 96 valence electrons. The Kier molecular flexibility index (Phi) is 3.16. The van der Waals surface area contributed by atoms with Gasteiger partial charge in [0.1, 0.15) is 0 Å². The Labute approximate surface area is 108 Å². The van der Waals surface area contributed by atoms with Crippen molar-refractivity contribution in [3.8, 4) is 0 Å². The molecule has 0 saturated carbocycles. The van der Waals surface area contributed by atoms with Gasteiger partial charge in [-0.2, -0.15) is 0 Å². The first-order valence-corrected chi connectivity index (χ1v) is 6.30. The molecule has 0 radical (unpaired) electrons. The van der Waals surface area contributed by atoms with Gasteiger partial charge in [0.2, 0.25) is 5.91 Å². The SMILES string of the molecule is CC(C)c1ccccc1/C=C1\NNC(=O)C1(C)C. The van der Waals surface area contributed by atoms with Crippen molar-refractivity contribution in [1.82, 2.24) is 10.9 Å². The minimum absolute atomic E-state index is 0.00998. The average Bonchev–Trinajstić information content (AvgIpc) is 2.56. The van der Waals surface area contributed by atoms with Crippen LogP contribution in [-0.4, -0.2) is 5.91 Å². The zero-order valence-electron chi connectivity index (χ0n) is 11.4. The summed E-state index contributed by atoms with van der Waals surface area (Å²) >= 11 is 0. The highest BCUT2D eigenvalue weighted by atomic mass is 16.2. The number of amides is 1. The minimum Gasteiger partial charge on any atom is -0.302 e. The largest absolute Gasteiger partial charge is 0.302 e. The lowest BCUT2D eigenvalue weighted by atomic mass is 9.87. The summed E-state index contributed by atoms with van der Waals surface area (Å²) in [7, 11) is 0. The van der Waals surface area contributed by atoms with Crippen molar-refractivity contribution in [2.75, 3.05) is 0 Å². The molecule has 1 fully saturated rings. The number of hydrogen-bond donors (Lipinski definition) is 2. The molecule has 2 N–H and O–H groups in total. The number of carbonyl (C=O) groups excluding carboxylic acids is 1. The Balaban J connectivity index is 2.43. The highest BCUT2D eigenvalue weighted by molar-refractivity contribution is 5.89. The third-order valence-corrected chi connectivity index (χ3v) is 3.47. The normalized spacial score (nSPS) is 20.1. The first-order chi connectivity index (χ1) is 8.43. The van der Waals surface area contributed by atoms with E-state index < -0.39 is 5.41 Å². The predicted octanol–water partition coefficient (Wildman–Crippen LogP) is 2.81. The Morgan fingerprint density at radius 3 is 2.39 bits per heavy atom. The molecule has 1 aromatic carbocycles. The number of nitrogens with one attached hydrogen (secondary N) is 2. The van der Waals surface area contributed by atoms with E-state index in [4.69, 9.17) is 0 Å². The fraction of sp³-hybridized carbons (Fsp3) is 0.400. The van der Waals surface area contributed by atoms with E-state index in [1.54, 1.807) is 0 Å². The van der Waals surface area contributed by atoms with Gasteiger partial charge in [0.05, 0.1) is 5.41 Å². The number of benzene rings is 1. The topological polar surface area (TPSA) is 41.1 Å². The molecule has 0 aliphatic carbocycles. The second-order valence-corrected chi connectivity index (χ2v) is 5.55. The van der Waals surface area contributed by atoms with Crippen LogP contribution in [0.25, 0.3) is 6.08 Å². The van der Waals surface area contributed by atoms with Crippen LogP contribution in [0, 0.1) is 5.41 Å². The predicted molar refractivity (Wildman–Crippen MR) is 73.6 cm³/mol. The highest BCUT2D eigenvalue weighted by Gasteiger charge is 2.37. The lowest BCUT2D eigenvalue weighted by Gasteiger charge is -2.16. The summed E-state index contributed by atoms with van der Waals surface area (Å²) in [5.41, 5.74) is 8.53. The third kappa shape index (κ3) is 2.13. The molecule has 1 saturated heterocycles. The first-order valence-electron chi connectivity index (χ1n) is 6.30. The smallest absolute Gasteiger partial charge is 0.249 e. The maximum absolute atomic E-state index is 11.7. The molecule has 1 heterocycles. The fourth-order valence-corrected chi connectivity index (χ4v) is 2.10. The van der Waals surface area contributed by atoms with E-state index in [0.717, 1.165) is 5.70 Å². The van der Waals surface area contributed by atoms with Crippen LogP contribution in [-0.2, 0) is 4.79 Å². The molecule has 1 aliphatic heterocycles. The van der Waals surface area contributed by atoms with Crippen LogP contribution in [0.1, 0.15) is 44.7 Å². The van der Waals surface area contributed by atoms with E-state index in [0.29, 0.717) is 5.92 Å². The summed E-state index contributed by atoms with van der Waals surface area (Å²) in [6.45, 7) is 8.19. The van der Waals surface area contributed by atoms with Gasteiger partial charge in [-0.3, -0.25) is 10.2 Å². The van der Waals surface area contributed by atoms with Crippen molar-refractivity contribution in [2.24, 2.45) is 5.41 Å². The summed E-state index contributed by atoms with van der Waals surface area (Å²) in [6, 6.07) is 8.29. The van der Waals surface area contributed by atoms with Crippen LogP contribution < -0.4 is 10.9 Å². The van der Waals surface area contributed by atoms with Crippen LogP contribution in [0.3, 0.4) is 0 Å². The molecule has 0 aromatic heterocycles. The molecule has 0 atom stereocenters. The second kappa shape index (κ2) is 4.48. The molecule has 1 aliphatic rings. The first kappa shape index (κ1) is 12.7. The average molecular weight is 244 g/mol. The Bertz CT molecular complexity index is 501. The van der Waals surface area contributed by atoms with Crippen molar-refractivity contribution in [1.29, 1.82) is 0 Å². The molecular weight excluding hydrogens is 224 g/mol.